The molecule has 0 fully saturated rings. The molecule has 0 saturated heterocycles. The summed E-state index contributed by atoms with van der Waals surface area (Å²) in [6.07, 6.45) is 2.19. The number of carboxylic acid groups (broad SMARTS) is 1. The Morgan fingerprint density at radius 1 is 1.62 bits per heavy atom. The number of nitrogens with one attached hydrogen (secondary N) is 1. The van der Waals surface area contributed by atoms with Gasteiger partial charge >= 0.3 is 5.97 Å². The van der Waals surface area contributed by atoms with Crippen LogP contribution in [0.4, 0.5) is 5.82 Å². The molecule has 1 aromatic heterocycles. The fourth-order valence-corrected chi connectivity index (χ4v) is 1.72. The van der Waals surface area contributed by atoms with E-state index in [0.29, 0.717) is 18.2 Å². The van der Waals surface area contributed by atoms with Gasteiger partial charge in [0.25, 0.3) is 0 Å². The van der Waals surface area contributed by atoms with E-state index in [4.69, 9.17) is 5.11 Å². The first-order chi connectivity index (χ1) is 7.50. The first kappa shape index (κ1) is 13.0. The van der Waals surface area contributed by atoms with Crippen molar-refractivity contribution in [3.05, 3.63) is 22.8 Å². The highest BCUT2D eigenvalue weighted by Gasteiger charge is 2.19. The molecule has 88 valence electrons. The Labute approximate surface area is 103 Å². The van der Waals surface area contributed by atoms with Crippen LogP contribution in [0.25, 0.3) is 0 Å². The number of carboxylic acids is 1. The minimum atomic E-state index is -0.855. The highest BCUT2D eigenvalue weighted by atomic mass is 79.9. The largest absolute Gasteiger partial charge is 0.480 e. The fourth-order valence-electron chi connectivity index (χ4n) is 1.35. The highest BCUT2D eigenvalue weighted by molar-refractivity contribution is 9.10. The average molecular weight is 287 g/mol. The Kier molecular flexibility index (Phi) is 4.73. The summed E-state index contributed by atoms with van der Waals surface area (Å²) in [6, 6.07) is 3.00. The van der Waals surface area contributed by atoms with Crippen molar-refractivity contribution in [3.8, 4) is 0 Å². The Morgan fingerprint density at radius 2 is 2.31 bits per heavy atom. The highest BCUT2D eigenvalue weighted by Crippen LogP contribution is 2.20. The summed E-state index contributed by atoms with van der Waals surface area (Å²) in [5, 5.41) is 12.0. The van der Waals surface area contributed by atoms with E-state index in [0.717, 1.165) is 4.47 Å². The van der Waals surface area contributed by atoms with Crippen molar-refractivity contribution >= 4 is 27.7 Å². The molecule has 0 aliphatic carbocycles. The second-order valence-corrected chi connectivity index (χ2v) is 4.85. The standard InChI is InChI=1S/C11H15BrN2O2/c1-7(2)6-9(11(15)16)14-10-8(12)4-3-5-13-10/h3-5,7,9H,6H2,1-2H3,(H,13,14)(H,15,16)/t9-/m1/s1. The predicted octanol–water partition coefficient (Wildman–Crippen LogP) is 2.76. The summed E-state index contributed by atoms with van der Waals surface area (Å²) in [6.45, 7) is 3.98. The van der Waals surface area contributed by atoms with Gasteiger partial charge in [-0.2, -0.15) is 0 Å². The van der Waals surface area contributed by atoms with Crippen molar-refractivity contribution in [1.29, 1.82) is 0 Å². The van der Waals surface area contributed by atoms with Crippen molar-refractivity contribution in [3.63, 3.8) is 0 Å². The minimum Gasteiger partial charge on any atom is -0.480 e. The fraction of sp³-hybridized carbons (Fsp3) is 0.455. The molecule has 2 N–H and O–H groups in total. The minimum absolute atomic E-state index is 0.316. The molecule has 1 atom stereocenters. The normalized spacial score (nSPS) is 12.5. The summed E-state index contributed by atoms with van der Waals surface area (Å²) >= 11 is 3.32. The van der Waals surface area contributed by atoms with Crippen molar-refractivity contribution in [1.82, 2.24) is 4.98 Å². The number of rotatable bonds is 5. The topological polar surface area (TPSA) is 62.2 Å². The van der Waals surface area contributed by atoms with Crippen LogP contribution in [-0.2, 0) is 4.79 Å². The number of pyridine rings is 1. The van der Waals surface area contributed by atoms with Gasteiger partial charge in [0.05, 0.1) is 4.47 Å². The molecule has 0 aliphatic rings. The van der Waals surface area contributed by atoms with Crippen LogP contribution in [0, 0.1) is 5.92 Å². The van der Waals surface area contributed by atoms with Gasteiger partial charge < -0.3 is 10.4 Å². The van der Waals surface area contributed by atoms with Crippen LogP contribution in [-0.4, -0.2) is 22.1 Å². The van der Waals surface area contributed by atoms with Crippen LogP contribution in [0.3, 0.4) is 0 Å². The molecule has 1 rings (SSSR count). The average Bonchev–Trinajstić information content (AvgIpc) is 2.19. The lowest BCUT2D eigenvalue weighted by Crippen LogP contribution is -2.31. The molecular weight excluding hydrogens is 272 g/mol. The summed E-state index contributed by atoms with van der Waals surface area (Å²) < 4.78 is 0.769. The first-order valence-corrected chi connectivity index (χ1v) is 5.90. The summed E-state index contributed by atoms with van der Waals surface area (Å²) in [4.78, 5) is 15.1. The zero-order chi connectivity index (χ0) is 12.1. The maximum absolute atomic E-state index is 11.0. The van der Waals surface area contributed by atoms with E-state index in [-0.39, 0.29) is 0 Å². The van der Waals surface area contributed by atoms with E-state index in [1.165, 1.54) is 0 Å². The van der Waals surface area contributed by atoms with Gasteiger partial charge in [-0.3, -0.25) is 0 Å². The van der Waals surface area contributed by atoms with Crippen molar-refractivity contribution in [2.45, 2.75) is 26.3 Å². The molecule has 0 saturated carbocycles. The van der Waals surface area contributed by atoms with Crippen molar-refractivity contribution in [2.75, 3.05) is 5.32 Å². The Morgan fingerprint density at radius 3 is 2.81 bits per heavy atom. The number of hydrogen-bond acceptors (Lipinski definition) is 3. The van der Waals surface area contributed by atoms with E-state index < -0.39 is 12.0 Å². The van der Waals surface area contributed by atoms with Crippen LogP contribution in [0.15, 0.2) is 22.8 Å². The molecule has 0 radical (unpaired) electrons. The molecule has 16 heavy (non-hydrogen) atoms. The smallest absolute Gasteiger partial charge is 0.326 e. The van der Waals surface area contributed by atoms with Gasteiger partial charge in [0.2, 0.25) is 0 Å². The van der Waals surface area contributed by atoms with E-state index in [1.807, 2.05) is 19.9 Å². The quantitative estimate of drug-likeness (QED) is 0.874. The van der Waals surface area contributed by atoms with Gasteiger partial charge in [0.1, 0.15) is 11.9 Å². The number of halogens is 1. The SMILES string of the molecule is CC(C)C[C@@H](Nc1ncccc1Br)C(=O)O. The Hall–Kier alpha value is -1.10. The van der Waals surface area contributed by atoms with Gasteiger partial charge in [-0.15, -0.1) is 0 Å². The Bertz CT molecular complexity index is 369. The predicted molar refractivity (Wildman–Crippen MR) is 66.4 cm³/mol. The number of aromatic nitrogens is 1. The number of carbonyl (C=O) groups is 1. The van der Waals surface area contributed by atoms with Crippen LogP contribution >= 0.6 is 15.9 Å². The lowest BCUT2D eigenvalue weighted by Gasteiger charge is -2.17. The van der Waals surface area contributed by atoms with Crippen LogP contribution in [0.2, 0.25) is 0 Å². The monoisotopic (exact) mass is 286 g/mol. The van der Waals surface area contributed by atoms with Gasteiger partial charge in [-0.25, -0.2) is 9.78 Å². The van der Waals surface area contributed by atoms with E-state index in [1.54, 1.807) is 12.3 Å². The summed E-state index contributed by atoms with van der Waals surface area (Å²) in [7, 11) is 0. The van der Waals surface area contributed by atoms with E-state index >= 15 is 0 Å². The van der Waals surface area contributed by atoms with E-state index in [9.17, 15) is 4.79 Å². The lowest BCUT2D eigenvalue weighted by atomic mass is 10.0. The second-order valence-electron chi connectivity index (χ2n) is 4.00. The van der Waals surface area contributed by atoms with Gasteiger partial charge in [0, 0.05) is 6.20 Å². The van der Waals surface area contributed by atoms with Gasteiger partial charge in [0.15, 0.2) is 0 Å². The molecule has 1 heterocycles. The Balaban J connectivity index is 2.76. The third kappa shape index (κ3) is 3.81. The number of aliphatic carboxylic acids is 1. The zero-order valence-electron chi connectivity index (χ0n) is 9.27. The molecule has 0 unspecified atom stereocenters. The number of hydrogen-bond donors (Lipinski definition) is 2. The molecule has 0 spiro atoms. The maximum Gasteiger partial charge on any atom is 0.326 e. The van der Waals surface area contributed by atoms with E-state index in [2.05, 4.69) is 26.2 Å². The third-order valence-corrected chi connectivity index (χ3v) is 2.71. The molecule has 5 heteroatoms. The number of anilines is 1. The molecule has 0 aliphatic heterocycles. The van der Waals surface area contributed by atoms with Gasteiger partial charge in [-0.05, 0) is 40.4 Å². The molecule has 0 bridgehead atoms. The van der Waals surface area contributed by atoms with Gasteiger partial charge in [-0.1, -0.05) is 13.8 Å². The van der Waals surface area contributed by atoms with Crippen molar-refractivity contribution in [2.24, 2.45) is 5.92 Å². The van der Waals surface area contributed by atoms with Crippen LogP contribution in [0.5, 0.6) is 0 Å². The lowest BCUT2D eigenvalue weighted by molar-refractivity contribution is -0.138. The molecule has 4 nitrogen and oxygen atoms in total. The molecular formula is C11H15BrN2O2. The second kappa shape index (κ2) is 5.84. The zero-order valence-corrected chi connectivity index (χ0v) is 10.9. The third-order valence-electron chi connectivity index (χ3n) is 2.07. The van der Waals surface area contributed by atoms with Crippen LogP contribution in [0.1, 0.15) is 20.3 Å². The summed E-state index contributed by atoms with van der Waals surface area (Å²) in [5.74, 6) is 0.0258. The maximum atomic E-state index is 11.0. The number of nitrogens with zero attached hydrogens (tertiary/aromatic N) is 1. The first-order valence-electron chi connectivity index (χ1n) is 5.10. The van der Waals surface area contributed by atoms with Crippen molar-refractivity contribution < 1.29 is 9.90 Å². The van der Waals surface area contributed by atoms with Crippen LogP contribution < -0.4 is 5.32 Å². The molecule has 0 aromatic carbocycles. The summed E-state index contributed by atoms with van der Waals surface area (Å²) in [5.41, 5.74) is 0. The molecule has 1 aromatic rings. The molecule has 0 amide bonds.